The number of nitrogens with zero attached hydrogens (tertiary/aromatic N) is 1. The number of halogens is 3. The van der Waals surface area contributed by atoms with Gasteiger partial charge < -0.3 is 24.5 Å². The number of benzene rings is 3. The summed E-state index contributed by atoms with van der Waals surface area (Å²) in [6, 6.07) is 11.3. The van der Waals surface area contributed by atoms with Crippen LogP contribution in [0.1, 0.15) is 43.5 Å². The van der Waals surface area contributed by atoms with E-state index < -0.39 is 28.8 Å². The van der Waals surface area contributed by atoms with Crippen molar-refractivity contribution in [2.45, 2.75) is 49.5 Å². The number of rotatable bonds is 8. The number of thioether (sulfide) groups is 1. The molecule has 1 aliphatic rings. The summed E-state index contributed by atoms with van der Waals surface area (Å²) in [6.07, 6.45) is 5.63. The Morgan fingerprint density at radius 2 is 2.02 bits per heavy atom. The fraction of sp³-hybridized carbons (Fsp3) is 0.250. The van der Waals surface area contributed by atoms with Gasteiger partial charge in [-0.15, -0.1) is 11.8 Å². The molecule has 0 saturated carbocycles. The number of aliphatic carboxylic acids is 1. The minimum absolute atomic E-state index is 0.0230. The first-order chi connectivity index (χ1) is 20.6. The largest absolute Gasteiger partial charge is 0.490 e. The number of carboxylic acid groups (broad SMARTS) is 1. The number of carboxylic acids is 1. The van der Waals surface area contributed by atoms with Crippen LogP contribution in [-0.4, -0.2) is 38.4 Å². The maximum atomic E-state index is 15.2. The zero-order valence-corrected chi connectivity index (χ0v) is 24.4. The van der Waals surface area contributed by atoms with Gasteiger partial charge in [0.1, 0.15) is 23.1 Å². The second-order valence-electron chi connectivity index (χ2n) is 10.8. The van der Waals surface area contributed by atoms with Crippen molar-refractivity contribution in [3.63, 3.8) is 0 Å². The molecule has 1 unspecified atom stereocenters. The summed E-state index contributed by atoms with van der Waals surface area (Å²) >= 11 is 1.21. The maximum absolute atomic E-state index is 15.2. The summed E-state index contributed by atoms with van der Waals surface area (Å²) in [7, 11) is 0. The summed E-state index contributed by atoms with van der Waals surface area (Å²) in [5, 5.41) is 9.68. The molecule has 0 radical (unpaired) electrons. The fourth-order valence-corrected chi connectivity index (χ4v) is 6.56. The number of imidazole rings is 1. The molecular formula is C32H28F3N3O4S. The van der Waals surface area contributed by atoms with Crippen molar-refractivity contribution < 1.29 is 32.5 Å². The summed E-state index contributed by atoms with van der Waals surface area (Å²) in [5.41, 5.74) is 1.95. The molecule has 1 aliphatic heterocycles. The van der Waals surface area contributed by atoms with Crippen molar-refractivity contribution in [3.8, 4) is 28.6 Å². The number of H-pyrrole nitrogens is 2. The lowest BCUT2D eigenvalue weighted by Gasteiger charge is -2.39. The molecule has 3 heterocycles. The van der Waals surface area contributed by atoms with E-state index in [2.05, 4.69) is 15.0 Å². The molecule has 7 nitrogen and oxygen atoms in total. The van der Waals surface area contributed by atoms with Gasteiger partial charge in [0.25, 0.3) is 0 Å². The molecule has 0 saturated heterocycles. The van der Waals surface area contributed by atoms with E-state index in [0.717, 1.165) is 16.8 Å². The van der Waals surface area contributed by atoms with E-state index in [1.807, 2.05) is 32.0 Å². The first-order valence-corrected chi connectivity index (χ1v) is 14.9. The molecule has 3 aromatic carbocycles. The van der Waals surface area contributed by atoms with E-state index in [4.69, 9.17) is 9.47 Å². The zero-order valence-electron chi connectivity index (χ0n) is 23.6. The van der Waals surface area contributed by atoms with Crippen molar-refractivity contribution in [2.75, 3.05) is 6.26 Å². The van der Waals surface area contributed by atoms with Crippen molar-refractivity contribution in [1.29, 1.82) is 0 Å². The summed E-state index contributed by atoms with van der Waals surface area (Å²) in [6.45, 7) is 3.99. The fourth-order valence-electron chi connectivity index (χ4n) is 5.85. The van der Waals surface area contributed by atoms with Crippen molar-refractivity contribution in [1.82, 2.24) is 15.0 Å². The lowest BCUT2D eigenvalue weighted by atomic mass is 9.73. The topological polar surface area (TPSA) is 100 Å². The third kappa shape index (κ3) is 5.01. The van der Waals surface area contributed by atoms with Gasteiger partial charge in [0.05, 0.1) is 22.1 Å². The van der Waals surface area contributed by atoms with Crippen LogP contribution in [0.2, 0.25) is 0 Å². The van der Waals surface area contributed by atoms with E-state index in [1.54, 1.807) is 18.5 Å². The van der Waals surface area contributed by atoms with Crippen LogP contribution < -0.4 is 9.47 Å². The first kappa shape index (κ1) is 28.7. The van der Waals surface area contributed by atoms with E-state index in [0.29, 0.717) is 28.9 Å². The van der Waals surface area contributed by atoms with Gasteiger partial charge in [-0.05, 0) is 62.8 Å². The maximum Gasteiger partial charge on any atom is 0.303 e. The van der Waals surface area contributed by atoms with Crippen LogP contribution in [0.4, 0.5) is 13.2 Å². The number of hydrogen-bond donors (Lipinski definition) is 3. The van der Waals surface area contributed by atoms with E-state index >= 15 is 8.78 Å². The highest BCUT2D eigenvalue weighted by atomic mass is 32.2. The normalized spacial score (nSPS) is 18.0. The Morgan fingerprint density at radius 3 is 2.79 bits per heavy atom. The Labute approximate surface area is 249 Å². The van der Waals surface area contributed by atoms with Crippen LogP contribution in [0.25, 0.3) is 22.3 Å². The Hall–Kier alpha value is -4.38. The molecule has 0 aliphatic carbocycles. The van der Waals surface area contributed by atoms with Crippen LogP contribution in [0.3, 0.4) is 0 Å². The predicted molar refractivity (Wildman–Crippen MR) is 158 cm³/mol. The minimum Gasteiger partial charge on any atom is -0.490 e. The standard InChI is InChI=1S/C32H28F3N3O4S/c1-16-14-32(2,21-6-4-5-17(28(21)41-16)7-10-24(39)40)23-15-37-31(38-23)20-13-18(8-9-22(20)33)42-29-26(35)25(34)27-19(11-12-36-27)30(29)43-3/h4-6,8-9,11-13,15-16,36H,7,10,14H2,1-3H3,(H,37,38)(H,39,40)/t16?,32-/m0/s1. The number of carbonyl (C=O) groups is 1. The summed E-state index contributed by atoms with van der Waals surface area (Å²) in [4.78, 5) is 22.1. The second kappa shape index (κ2) is 11.0. The van der Waals surface area contributed by atoms with Gasteiger partial charge in [-0.2, -0.15) is 4.39 Å². The van der Waals surface area contributed by atoms with E-state index in [9.17, 15) is 14.3 Å². The van der Waals surface area contributed by atoms with E-state index in [1.165, 1.54) is 36.2 Å². The molecule has 2 atom stereocenters. The number of para-hydroxylation sites is 1. The molecule has 0 fully saturated rings. The number of hydrogen-bond acceptors (Lipinski definition) is 5. The summed E-state index contributed by atoms with van der Waals surface area (Å²) in [5.74, 6) is -2.96. The molecular weight excluding hydrogens is 579 g/mol. The van der Waals surface area contributed by atoms with Gasteiger partial charge in [-0.3, -0.25) is 4.79 Å². The molecule has 11 heteroatoms. The van der Waals surface area contributed by atoms with Crippen LogP contribution in [-0.2, 0) is 16.6 Å². The number of aromatic nitrogens is 3. The molecule has 0 amide bonds. The molecule has 0 spiro atoms. The molecule has 2 aromatic heterocycles. The van der Waals surface area contributed by atoms with Crippen LogP contribution >= 0.6 is 11.8 Å². The second-order valence-corrected chi connectivity index (χ2v) is 11.6. The van der Waals surface area contributed by atoms with Gasteiger partial charge in [0.15, 0.2) is 11.6 Å². The Bertz CT molecular complexity index is 1870. The average Bonchev–Trinajstić information content (AvgIpc) is 3.67. The SMILES string of the molecule is CSc1c(Oc2ccc(F)c(-c3ncc([C@@]4(C)CC(C)Oc5c(CCC(=O)O)cccc54)[nH]3)c2)c(F)c(F)c2[nH]ccc12. The highest BCUT2D eigenvalue weighted by molar-refractivity contribution is 7.99. The van der Waals surface area contributed by atoms with Gasteiger partial charge in [0.2, 0.25) is 5.82 Å². The quantitative estimate of drug-likeness (QED) is 0.155. The average molecular weight is 608 g/mol. The number of aryl methyl sites for hydroxylation is 1. The van der Waals surface area contributed by atoms with Gasteiger partial charge >= 0.3 is 5.97 Å². The summed E-state index contributed by atoms with van der Waals surface area (Å²) < 4.78 is 57.1. The highest BCUT2D eigenvalue weighted by Crippen LogP contribution is 2.47. The van der Waals surface area contributed by atoms with Gasteiger partial charge in [-0.1, -0.05) is 18.2 Å². The predicted octanol–water partition coefficient (Wildman–Crippen LogP) is 7.98. The smallest absolute Gasteiger partial charge is 0.303 e. The molecule has 0 bridgehead atoms. The zero-order chi connectivity index (χ0) is 30.5. The van der Waals surface area contributed by atoms with Crippen LogP contribution in [0, 0.1) is 17.5 Å². The number of aromatic amines is 2. The number of nitrogens with one attached hydrogen (secondary N) is 2. The lowest BCUT2D eigenvalue weighted by molar-refractivity contribution is -0.136. The molecule has 3 N–H and O–H groups in total. The monoisotopic (exact) mass is 607 g/mol. The third-order valence-electron chi connectivity index (χ3n) is 7.91. The Balaban J connectivity index is 1.36. The minimum atomic E-state index is -1.14. The van der Waals surface area contributed by atoms with Crippen LogP contribution in [0.5, 0.6) is 17.2 Å². The molecule has 222 valence electrons. The first-order valence-electron chi connectivity index (χ1n) is 13.7. The molecule has 43 heavy (non-hydrogen) atoms. The van der Waals surface area contributed by atoms with Crippen molar-refractivity contribution in [2.24, 2.45) is 0 Å². The number of fused-ring (bicyclic) bond motifs is 2. The Morgan fingerprint density at radius 1 is 1.21 bits per heavy atom. The van der Waals surface area contributed by atoms with Crippen LogP contribution in [0.15, 0.2) is 59.8 Å². The van der Waals surface area contributed by atoms with Gasteiger partial charge in [0, 0.05) is 40.9 Å². The highest BCUT2D eigenvalue weighted by Gasteiger charge is 2.40. The Kier molecular flexibility index (Phi) is 7.37. The van der Waals surface area contributed by atoms with Crippen molar-refractivity contribution >= 4 is 28.6 Å². The lowest BCUT2D eigenvalue weighted by Crippen LogP contribution is -2.36. The van der Waals surface area contributed by atoms with E-state index in [-0.39, 0.29) is 40.9 Å². The van der Waals surface area contributed by atoms with Crippen molar-refractivity contribution in [3.05, 3.63) is 89.1 Å². The van der Waals surface area contributed by atoms with Gasteiger partial charge in [-0.25, -0.2) is 13.8 Å². The number of ether oxygens (including phenoxy) is 2. The molecule has 6 rings (SSSR count). The third-order valence-corrected chi connectivity index (χ3v) is 8.72. The molecule has 5 aromatic rings.